The number of thiazole rings is 1. The van der Waals surface area contributed by atoms with Gasteiger partial charge < -0.3 is 16.2 Å². The summed E-state index contributed by atoms with van der Waals surface area (Å²) in [7, 11) is 0. The third kappa shape index (κ3) is 3.59. The van der Waals surface area contributed by atoms with Crippen LogP contribution in [0.15, 0.2) is 23.7 Å². The number of carbonyl (C=O) groups excluding carboxylic acids is 1. The summed E-state index contributed by atoms with van der Waals surface area (Å²) >= 11 is 1.32. The maximum absolute atomic E-state index is 11.9. The molecule has 0 saturated heterocycles. The molecule has 0 fully saturated rings. The Morgan fingerprint density at radius 3 is 2.75 bits per heavy atom. The van der Waals surface area contributed by atoms with Gasteiger partial charge in [-0.05, 0) is 12.1 Å². The fourth-order valence-electron chi connectivity index (χ4n) is 1.46. The average molecular weight is 292 g/mol. The molecule has 2 aromatic heterocycles. The van der Waals surface area contributed by atoms with Gasteiger partial charge in [0.15, 0.2) is 0 Å². The summed E-state index contributed by atoms with van der Waals surface area (Å²) in [5, 5.41) is 13.6. The minimum atomic E-state index is -0.953. The van der Waals surface area contributed by atoms with E-state index in [1.165, 1.54) is 17.5 Å². The van der Waals surface area contributed by atoms with Crippen molar-refractivity contribution in [3.05, 3.63) is 40.1 Å². The van der Waals surface area contributed by atoms with Gasteiger partial charge in [-0.3, -0.25) is 14.6 Å². The maximum Gasteiger partial charge on any atom is 0.309 e. The van der Waals surface area contributed by atoms with Gasteiger partial charge in [-0.25, -0.2) is 4.98 Å². The van der Waals surface area contributed by atoms with E-state index in [-0.39, 0.29) is 12.3 Å². The second kappa shape index (κ2) is 6.22. The molecule has 4 N–H and O–H groups in total. The molecule has 2 aromatic rings. The lowest BCUT2D eigenvalue weighted by atomic mass is 10.2. The van der Waals surface area contributed by atoms with Crippen molar-refractivity contribution in [2.75, 3.05) is 5.32 Å². The van der Waals surface area contributed by atoms with Crippen molar-refractivity contribution in [3.8, 4) is 0 Å². The number of amides is 1. The van der Waals surface area contributed by atoms with Crippen LogP contribution in [-0.2, 0) is 17.8 Å². The molecule has 2 rings (SSSR count). The fourth-order valence-corrected chi connectivity index (χ4v) is 2.12. The largest absolute Gasteiger partial charge is 0.481 e. The molecule has 8 heteroatoms. The Morgan fingerprint density at radius 2 is 2.20 bits per heavy atom. The van der Waals surface area contributed by atoms with E-state index in [9.17, 15) is 9.59 Å². The Morgan fingerprint density at radius 1 is 1.40 bits per heavy atom. The summed E-state index contributed by atoms with van der Waals surface area (Å²) in [5.74, 6) is -1.31. The van der Waals surface area contributed by atoms with Crippen molar-refractivity contribution in [1.29, 1.82) is 0 Å². The molecule has 2 heterocycles. The summed E-state index contributed by atoms with van der Waals surface area (Å²) in [4.78, 5) is 30.4. The predicted octanol–water partition coefficient (Wildman–Crippen LogP) is 0.876. The second-order valence-corrected chi connectivity index (χ2v) is 4.84. The van der Waals surface area contributed by atoms with Crippen LogP contribution in [0.3, 0.4) is 0 Å². The van der Waals surface area contributed by atoms with E-state index >= 15 is 0 Å². The topological polar surface area (TPSA) is 118 Å². The van der Waals surface area contributed by atoms with Crippen molar-refractivity contribution in [3.63, 3.8) is 0 Å². The number of carboxylic acid groups (broad SMARTS) is 1. The number of nitrogens with two attached hydrogens (primary N) is 1. The summed E-state index contributed by atoms with van der Waals surface area (Å²) in [6, 6.07) is 3.15. The van der Waals surface area contributed by atoms with Crippen LogP contribution >= 0.6 is 11.3 Å². The highest BCUT2D eigenvalue weighted by atomic mass is 32.1. The van der Waals surface area contributed by atoms with Crippen molar-refractivity contribution in [1.82, 2.24) is 9.97 Å². The molecule has 104 valence electrons. The number of aliphatic carboxylic acids is 1. The first-order chi connectivity index (χ1) is 9.58. The van der Waals surface area contributed by atoms with Crippen molar-refractivity contribution >= 4 is 28.9 Å². The van der Waals surface area contributed by atoms with Gasteiger partial charge >= 0.3 is 5.97 Å². The first-order valence-corrected chi connectivity index (χ1v) is 6.59. The highest BCUT2D eigenvalue weighted by Gasteiger charge is 2.11. The molecular formula is C12H12N4O3S. The maximum atomic E-state index is 11.9. The van der Waals surface area contributed by atoms with Crippen molar-refractivity contribution < 1.29 is 14.7 Å². The molecule has 0 aromatic carbocycles. The first-order valence-electron chi connectivity index (χ1n) is 5.71. The van der Waals surface area contributed by atoms with Gasteiger partial charge in [-0.15, -0.1) is 11.3 Å². The van der Waals surface area contributed by atoms with E-state index in [4.69, 9.17) is 10.8 Å². The molecule has 1 amide bonds. The molecule has 0 aliphatic rings. The van der Waals surface area contributed by atoms with E-state index in [1.54, 1.807) is 17.5 Å². The minimum Gasteiger partial charge on any atom is -0.481 e. The lowest BCUT2D eigenvalue weighted by molar-refractivity contribution is -0.136. The number of hydrogen-bond donors (Lipinski definition) is 3. The van der Waals surface area contributed by atoms with Crippen LogP contribution in [0.4, 0.5) is 5.69 Å². The van der Waals surface area contributed by atoms with Crippen LogP contribution in [0.5, 0.6) is 0 Å². The van der Waals surface area contributed by atoms with E-state index in [0.717, 1.165) is 0 Å². The zero-order chi connectivity index (χ0) is 14.5. The number of nitrogens with zero attached hydrogens (tertiary/aromatic N) is 2. The normalized spacial score (nSPS) is 10.2. The third-order valence-electron chi connectivity index (χ3n) is 2.37. The Balaban J connectivity index is 2.02. The lowest BCUT2D eigenvalue weighted by Crippen LogP contribution is -2.13. The number of rotatable bonds is 5. The van der Waals surface area contributed by atoms with Gasteiger partial charge in [-0.1, -0.05) is 0 Å². The number of carboxylic acids is 1. The Bertz CT molecular complexity index is 624. The summed E-state index contributed by atoms with van der Waals surface area (Å²) < 4.78 is 0. The number of carbonyl (C=O) groups is 2. The molecule has 0 saturated carbocycles. The highest BCUT2D eigenvalue weighted by molar-refractivity contribution is 7.09. The van der Waals surface area contributed by atoms with Gasteiger partial charge in [0.1, 0.15) is 10.7 Å². The standard InChI is InChI=1S/C12H12N4O3S/c13-4-10-16-9(6-20-10)12(19)15-8-2-1-7(14-5-8)3-11(17)18/h1-2,5-6H,3-4,13H2,(H,15,19)(H,17,18). The van der Waals surface area contributed by atoms with Crippen LogP contribution in [0, 0.1) is 0 Å². The predicted molar refractivity (Wildman–Crippen MR) is 73.5 cm³/mol. The van der Waals surface area contributed by atoms with Gasteiger partial charge in [0.05, 0.1) is 24.0 Å². The summed E-state index contributed by atoms with van der Waals surface area (Å²) in [6.07, 6.45) is 1.26. The molecule has 0 aliphatic carbocycles. The molecule has 0 radical (unpaired) electrons. The molecule has 0 bridgehead atoms. The van der Waals surface area contributed by atoms with Crippen LogP contribution in [0.1, 0.15) is 21.2 Å². The number of nitrogens with one attached hydrogen (secondary N) is 1. The SMILES string of the molecule is NCc1nc(C(=O)Nc2ccc(CC(=O)O)nc2)cs1. The summed E-state index contributed by atoms with van der Waals surface area (Å²) in [6.45, 7) is 0.295. The smallest absolute Gasteiger partial charge is 0.309 e. The Hall–Kier alpha value is -2.32. The zero-order valence-corrected chi connectivity index (χ0v) is 11.2. The van der Waals surface area contributed by atoms with E-state index in [2.05, 4.69) is 15.3 Å². The molecule has 7 nitrogen and oxygen atoms in total. The minimum absolute atomic E-state index is 0.153. The average Bonchev–Trinajstić information content (AvgIpc) is 2.89. The van der Waals surface area contributed by atoms with Gasteiger partial charge in [-0.2, -0.15) is 0 Å². The Kier molecular flexibility index (Phi) is 4.38. The number of pyridine rings is 1. The molecule has 0 aliphatic heterocycles. The van der Waals surface area contributed by atoms with Gasteiger partial charge in [0.25, 0.3) is 5.91 Å². The number of hydrogen-bond acceptors (Lipinski definition) is 6. The van der Waals surface area contributed by atoms with E-state index < -0.39 is 5.97 Å². The summed E-state index contributed by atoms with van der Waals surface area (Å²) in [5.41, 5.74) is 6.63. The quantitative estimate of drug-likeness (QED) is 0.752. The van der Waals surface area contributed by atoms with Crippen molar-refractivity contribution in [2.24, 2.45) is 5.73 Å². The molecule has 20 heavy (non-hydrogen) atoms. The molecule has 0 unspecified atom stereocenters. The zero-order valence-electron chi connectivity index (χ0n) is 10.4. The molecule has 0 spiro atoms. The van der Waals surface area contributed by atoms with Gasteiger partial charge in [0, 0.05) is 11.9 Å². The van der Waals surface area contributed by atoms with Crippen molar-refractivity contribution in [2.45, 2.75) is 13.0 Å². The Labute approximate surface area is 118 Å². The number of anilines is 1. The first kappa shape index (κ1) is 14.1. The fraction of sp³-hybridized carbons (Fsp3) is 0.167. The van der Waals surface area contributed by atoms with Crippen LogP contribution in [0.25, 0.3) is 0 Å². The molecule has 0 atom stereocenters. The van der Waals surface area contributed by atoms with Crippen LogP contribution in [-0.4, -0.2) is 27.0 Å². The van der Waals surface area contributed by atoms with Gasteiger partial charge in [0.2, 0.25) is 0 Å². The second-order valence-electron chi connectivity index (χ2n) is 3.89. The van der Waals surface area contributed by atoms with E-state index in [0.29, 0.717) is 28.6 Å². The van der Waals surface area contributed by atoms with Crippen LogP contribution in [0.2, 0.25) is 0 Å². The monoisotopic (exact) mass is 292 g/mol. The number of aromatic nitrogens is 2. The highest BCUT2D eigenvalue weighted by Crippen LogP contribution is 2.12. The third-order valence-corrected chi connectivity index (χ3v) is 3.25. The lowest BCUT2D eigenvalue weighted by Gasteiger charge is -2.03. The van der Waals surface area contributed by atoms with E-state index in [1.807, 2.05) is 0 Å². The van der Waals surface area contributed by atoms with Crippen LogP contribution < -0.4 is 11.1 Å². The molecular weight excluding hydrogens is 280 g/mol.